The Labute approximate surface area is 91.0 Å². The molecule has 0 saturated carbocycles. The van der Waals surface area contributed by atoms with Gasteiger partial charge in [0.15, 0.2) is 0 Å². The van der Waals surface area contributed by atoms with Crippen LogP contribution < -0.4 is 0 Å². The summed E-state index contributed by atoms with van der Waals surface area (Å²) >= 11 is 0. The van der Waals surface area contributed by atoms with Crippen molar-refractivity contribution in [1.82, 2.24) is 0 Å². The van der Waals surface area contributed by atoms with Gasteiger partial charge in [0.2, 0.25) is 0 Å². The second-order valence-electron chi connectivity index (χ2n) is 3.41. The van der Waals surface area contributed by atoms with Gasteiger partial charge in [-0.1, -0.05) is 0 Å². The highest BCUT2D eigenvalue weighted by atomic mass is 31.2. The summed E-state index contributed by atoms with van der Waals surface area (Å²) in [5.41, 5.74) is 0. The van der Waals surface area contributed by atoms with Crippen molar-refractivity contribution in [2.24, 2.45) is 5.92 Å². The Hall–Kier alpha value is 0.450. The summed E-state index contributed by atoms with van der Waals surface area (Å²) in [6.45, 7) is 0. The van der Waals surface area contributed by atoms with Crippen LogP contribution >= 0.6 is 22.8 Å². The molecule has 0 spiro atoms. The van der Waals surface area contributed by atoms with Crippen LogP contribution in [-0.2, 0) is 13.7 Å². The molecule has 0 aliphatic carbocycles. The lowest BCUT2D eigenvalue weighted by Crippen LogP contribution is -2.17. The average Bonchev–Trinajstić information content (AvgIpc) is 1.70. The maximum absolute atomic E-state index is 10.6. The van der Waals surface area contributed by atoms with Crippen molar-refractivity contribution in [3.63, 3.8) is 0 Å². The summed E-state index contributed by atoms with van der Waals surface area (Å²) in [7, 11) is -13.7. The molecule has 0 aromatic heterocycles. The van der Waals surface area contributed by atoms with E-state index in [0.29, 0.717) is 0 Å². The smallest absolute Gasteiger partial charge is 0.324 e. The molecule has 0 aliphatic heterocycles. The molecular formula is C4H13O9P3. The van der Waals surface area contributed by atoms with Gasteiger partial charge in [-0.2, -0.15) is 0 Å². The molecule has 9 nitrogen and oxygen atoms in total. The maximum Gasteiger partial charge on any atom is 0.325 e. The Morgan fingerprint density at radius 1 is 0.625 bits per heavy atom. The van der Waals surface area contributed by atoms with Crippen LogP contribution in [0.25, 0.3) is 0 Å². The highest BCUT2D eigenvalue weighted by molar-refractivity contribution is 7.54. The van der Waals surface area contributed by atoms with E-state index in [1.165, 1.54) is 0 Å². The second-order valence-corrected chi connectivity index (χ2v) is 8.49. The Bertz CT molecular complexity index is 302. The van der Waals surface area contributed by atoms with Gasteiger partial charge >= 0.3 is 22.8 Å². The number of rotatable bonds is 6. The largest absolute Gasteiger partial charge is 0.325 e. The quantitative estimate of drug-likeness (QED) is 0.341. The van der Waals surface area contributed by atoms with Gasteiger partial charge in [-0.05, 0) is 5.92 Å². The third kappa shape index (κ3) is 11.0. The van der Waals surface area contributed by atoms with Gasteiger partial charge in [0.25, 0.3) is 0 Å². The predicted octanol–water partition coefficient (Wildman–Crippen LogP) is -0.864. The zero-order valence-electron chi connectivity index (χ0n) is 7.95. The van der Waals surface area contributed by atoms with Gasteiger partial charge in [0.05, 0.1) is 18.5 Å². The summed E-state index contributed by atoms with van der Waals surface area (Å²) < 4.78 is 31.8. The molecule has 0 rings (SSSR count). The standard InChI is InChI=1S/C4H13O9P3/c5-14(6,7)1-4(2-15(8,9)10)3-16(11,12)13/h4H,1-3H2,(H2,5,6,7)(H2,8,9,10)(H2,11,12,13). The van der Waals surface area contributed by atoms with Gasteiger partial charge in [-0.25, -0.2) is 0 Å². The Morgan fingerprint density at radius 2 is 0.812 bits per heavy atom. The highest BCUT2D eigenvalue weighted by Gasteiger charge is 2.32. The first-order valence-electron chi connectivity index (χ1n) is 3.92. The molecular weight excluding hydrogens is 285 g/mol. The molecule has 0 aromatic carbocycles. The Balaban J connectivity index is 4.72. The number of hydrogen-bond acceptors (Lipinski definition) is 3. The molecule has 0 aliphatic rings. The maximum atomic E-state index is 10.6. The van der Waals surface area contributed by atoms with Crippen LogP contribution in [0.2, 0.25) is 0 Å². The summed E-state index contributed by atoms with van der Waals surface area (Å²) in [5, 5.41) is 0. The summed E-state index contributed by atoms with van der Waals surface area (Å²) in [5.74, 6) is -1.43. The first-order chi connectivity index (χ1) is 6.79. The van der Waals surface area contributed by atoms with Crippen molar-refractivity contribution in [3.05, 3.63) is 0 Å². The van der Waals surface area contributed by atoms with Crippen LogP contribution in [-0.4, -0.2) is 47.8 Å². The zero-order valence-corrected chi connectivity index (χ0v) is 10.6. The van der Waals surface area contributed by atoms with E-state index in [-0.39, 0.29) is 0 Å². The fourth-order valence-electron chi connectivity index (χ4n) is 1.18. The topological polar surface area (TPSA) is 173 Å². The minimum atomic E-state index is -4.58. The first kappa shape index (κ1) is 16.4. The third-order valence-corrected chi connectivity index (χ3v) is 4.46. The summed E-state index contributed by atoms with van der Waals surface area (Å²) in [6, 6.07) is 0. The van der Waals surface area contributed by atoms with E-state index in [1.807, 2.05) is 0 Å². The van der Waals surface area contributed by atoms with Crippen LogP contribution in [0.3, 0.4) is 0 Å². The average molecular weight is 298 g/mol. The van der Waals surface area contributed by atoms with Crippen LogP contribution in [0.5, 0.6) is 0 Å². The highest BCUT2D eigenvalue weighted by Crippen LogP contribution is 2.48. The Morgan fingerprint density at radius 3 is 0.938 bits per heavy atom. The summed E-state index contributed by atoms with van der Waals surface area (Å²) in [4.78, 5) is 51.5. The van der Waals surface area contributed by atoms with Gasteiger partial charge in [-0.15, -0.1) is 0 Å². The molecule has 0 bridgehead atoms. The van der Waals surface area contributed by atoms with Crippen LogP contribution in [0.1, 0.15) is 0 Å². The molecule has 0 amide bonds. The van der Waals surface area contributed by atoms with Gasteiger partial charge in [0.1, 0.15) is 0 Å². The van der Waals surface area contributed by atoms with E-state index >= 15 is 0 Å². The van der Waals surface area contributed by atoms with Crippen LogP contribution in [0, 0.1) is 5.92 Å². The van der Waals surface area contributed by atoms with Gasteiger partial charge in [-0.3, -0.25) is 13.7 Å². The van der Waals surface area contributed by atoms with E-state index in [1.54, 1.807) is 0 Å². The van der Waals surface area contributed by atoms with E-state index in [2.05, 4.69) is 0 Å². The predicted molar refractivity (Wildman–Crippen MR) is 54.2 cm³/mol. The molecule has 0 heterocycles. The van der Waals surface area contributed by atoms with Crippen LogP contribution in [0.15, 0.2) is 0 Å². The van der Waals surface area contributed by atoms with Crippen molar-refractivity contribution >= 4 is 22.8 Å². The van der Waals surface area contributed by atoms with Crippen molar-refractivity contribution in [2.45, 2.75) is 0 Å². The SMILES string of the molecule is O=P(O)(O)CC(CP(=O)(O)O)CP(=O)(O)O. The molecule has 98 valence electrons. The lowest BCUT2D eigenvalue weighted by Gasteiger charge is -2.18. The molecule has 0 fully saturated rings. The molecule has 0 atom stereocenters. The van der Waals surface area contributed by atoms with Crippen molar-refractivity contribution < 1.29 is 43.1 Å². The molecule has 0 saturated heterocycles. The summed E-state index contributed by atoms with van der Waals surface area (Å²) in [6.07, 6.45) is -2.91. The molecule has 12 heteroatoms. The van der Waals surface area contributed by atoms with Crippen molar-refractivity contribution in [3.8, 4) is 0 Å². The fourth-order valence-corrected chi connectivity index (χ4v) is 4.59. The molecule has 16 heavy (non-hydrogen) atoms. The molecule has 6 N–H and O–H groups in total. The zero-order chi connectivity index (χ0) is 13.2. The van der Waals surface area contributed by atoms with Crippen molar-refractivity contribution in [2.75, 3.05) is 18.5 Å². The molecule has 0 unspecified atom stereocenters. The minimum absolute atomic E-state index is 0.969. The van der Waals surface area contributed by atoms with Gasteiger partial charge in [0, 0.05) is 0 Å². The van der Waals surface area contributed by atoms with Crippen LogP contribution in [0.4, 0.5) is 0 Å². The number of hydrogen-bond donors (Lipinski definition) is 6. The lowest BCUT2D eigenvalue weighted by molar-refractivity contribution is 0.345. The molecule has 0 aromatic rings. The normalized spacial score (nSPS) is 14.4. The van der Waals surface area contributed by atoms with E-state index in [0.717, 1.165) is 0 Å². The lowest BCUT2D eigenvalue weighted by atomic mass is 10.3. The second kappa shape index (κ2) is 5.40. The Kier molecular flexibility index (Phi) is 5.55. The van der Waals surface area contributed by atoms with Gasteiger partial charge < -0.3 is 29.4 Å². The minimum Gasteiger partial charge on any atom is -0.324 e. The monoisotopic (exact) mass is 298 g/mol. The van der Waals surface area contributed by atoms with E-state index < -0.39 is 47.2 Å². The first-order valence-corrected chi connectivity index (χ1v) is 9.31. The molecule has 0 radical (unpaired) electrons. The van der Waals surface area contributed by atoms with E-state index in [4.69, 9.17) is 29.4 Å². The fraction of sp³-hybridized carbons (Fsp3) is 1.00. The van der Waals surface area contributed by atoms with E-state index in [9.17, 15) is 13.7 Å². The van der Waals surface area contributed by atoms with Crippen molar-refractivity contribution in [1.29, 1.82) is 0 Å². The third-order valence-electron chi connectivity index (χ3n) is 1.49.